The number of thiophene rings is 1. The second kappa shape index (κ2) is 7.12. The maximum atomic E-state index is 12.1. The molecule has 0 atom stereocenters. The van der Waals surface area contributed by atoms with Crippen molar-refractivity contribution in [3.8, 4) is 0 Å². The number of carbonyl (C=O) groups excluding carboxylic acids is 2. The Morgan fingerprint density at radius 2 is 2.04 bits per heavy atom. The highest BCUT2D eigenvalue weighted by Gasteiger charge is 2.18. The standard InChI is InChI=1S/C16H23N3O3S/c1-9(2)7-19-15-12(11(5)18-19)6-13(23-15)16(21)22-8-14(20)17-10(3)4/h6,9-10H,7-8H2,1-5H3,(H,17,20). The molecule has 6 nitrogen and oxygen atoms in total. The van der Waals surface area contributed by atoms with Crippen LogP contribution >= 0.6 is 11.3 Å². The van der Waals surface area contributed by atoms with Crippen LogP contribution in [-0.2, 0) is 16.1 Å². The fourth-order valence-electron chi connectivity index (χ4n) is 2.25. The molecule has 0 aliphatic carbocycles. The number of ether oxygens (including phenoxy) is 1. The molecule has 7 heteroatoms. The fourth-order valence-corrected chi connectivity index (χ4v) is 3.31. The third-order valence-corrected chi connectivity index (χ3v) is 4.26. The highest BCUT2D eigenvalue weighted by atomic mass is 32.1. The molecular weight excluding hydrogens is 314 g/mol. The minimum Gasteiger partial charge on any atom is -0.451 e. The zero-order chi connectivity index (χ0) is 17.1. The highest BCUT2D eigenvalue weighted by Crippen LogP contribution is 2.29. The van der Waals surface area contributed by atoms with Crippen LogP contribution in [0.5, 0.6) is 0 Å². The average molecular weight is 337 g/mol. The van der Waals surface area contributed by atoms with Gasteiger partial charge in [0.15, 0.2) is 6.61 Å². The van der Waals surface area contributed by atoms with Crippen molar-refractivity contribution in [3.05, 3.63) is 16.6 Å². The number of fused-ring (bicyclic) bond motifs is 1. The molecule has 0 saturated carbocycles. The van der Waals surface area contributed by atoms with E-state index in [4.69, 9.17) is 4.74 Å². The maximum Gasteiger partial charge on any atom is 0.348 e. The van der Waals surface area contributed by atoms with Crippen LogP contribution in [-0.4, -0.2) is 34.3 Å². The molecule has 0 radical (unpaired) electrons. The third kappa shape index (κ3) is 4.31. The summed E-state index contributed by atoms with van der Waals surface area (Å²) in [6.07, 6.45) is 0. The molecule has 0 fully saturated rings. The first-order valence-electron chi connectivity index (χ1n) is 7.71. The number of aromatic nitrogens is 2. The molecule has 2 rings (SSSR count). The molecule has 0 aliphatic heterocycles. The van der Waals surface area contributed by atoms with Crippen LogP contribution in [0, 0.1) is 12.8 Å². The Labute approximate surface area is 139 Å². The Morgan fingerprint density at radius 3 is 2.65 bits per heavy atom. The van der Waals surface area contributed by atoms with E-state index in [9.17, 15) is 9.59 Å². The molecule has 0 saturated heterocycles. The van der Waals surface area contributed by atoms with E-state index in [1.165, 1.54) is 11.3 Å². The molecule has 23 heavy (non-hydrogen) atoms. The van der Waals surface area contributed by atoms with Gasteiger partial charge in [-0.25, -0.2) is 4.79 Å². The van der Waals surface area contributed by atoms with Crippen LogP contribution < -0.4 is 5.32 Å². The van der Waals surface area contributed by atoms with Gasteiger partial charge in [-0.15, -0.1) is 11.3 Å². The monoisotopic (exact) mass is 337 g/mol. The Balaban J connectivity index is 2.11. The van der Waals surface area contributed by atoms with Gasteiger partial charge in [-0.3, -0.25) is 9.48 Å². The van der Waals surface area contributed by atoms with Crippen LogP contribution in [0.2, 0.25) is 0 Å². The van der Waals surface area contributed by atoms with Crippen LogP contribution in [0.25, 0.3) is 10.2 Å². The van der Waals surface area contributed by atoms with E-state index in [1.807, 2.05) is 25.5 Å². The number of rotatable bonds is 6. The number of aryl methyl sites for hydroxylation is 1. The summed E-state index contributed by atoms with van der Waals surface area (Å²) >= 11 is 1.35. The minimum absolute atomic E-state index is 0.0233. The fraction of sp³-hybridized carbons (Fsp3) is 0.562. The number of hydrogen-bond donors (Lipinski definition) is 1. The van der Waals surface area contributed by atoms with Gasteiger partial charge in [0.2, 0.25) is 0 Å². The topological polar surface area (TPSA) is 73.2 Å². The lowest BCUT2D eigenvalue weighted by Gasteiger charge is -2.08. The summed E-state index contributed by atoms with van der Waals surface area (Å²) in [5.74, 6) is -0.299. The quantitative estimate of drug-likeness (QED) is 0.823. The molecule has 1 N–H and O–H groups in total. The van der Waals surface area contributed by atoms with E-state index in [0.717, 1.165) is 22.5 Å². The minimum atomic E-state index is -0.472. The first kappa shape index (κ1) is 17.5. The number of esters is 1. The Bertz CT molecular complexity index is 716. The summed E-state index contributed by atoms with van der Waals surface area (Å²) in [4.78, 5) is 25.1. The molecule has 2 aromatic heterocycles. The first-order chi connectivity index (χ1) is 10.8. The van der Waals surface area contributed by atoms with Crippen molar-refractivity contribution in [1.29, 1.82) is 0 Å². The van der Waals surface area contributed by atoms with Crippen LogP contribution in [0.15, 0.2) is 6.07 Å². The second-order valence-electron chi connectivity index (χ2n) is 6.29. The largest absolute Gasteiger partial charge is 0.451 e. The summed E-state index contributed by atoms with van der Waals surface area (Å²) in [7, 11) is 0. The van der Waals surface area contributed by atoms with Crippen LogP contribution in [0.4, 0.5) is 0 Å². The Kier molecular flexibility index (Phi) is 5.41. The normalized spacial score (nSPS) is 11.4. The summed E-state index contributed by atoms with van der Waals surface area (Å²) in [5, 5.41) is 8.16. The highest BCUT2D eigenvalue weighted by molar-refractivity contribution is 7.20. The van der Waals surface area contributed by atoms with Gasteiger partial charge in [-0.05, 0) is 32.8 Å². The van der Waals surface area contributed by atoms with E-state index in [1.54, 1.807) is 6.07 Å². The van der Waals surface area contributed by atoms with Crippen molar-refractivity contribution in [2.45, 2.75) is 47.2 Å². The average Bonchev–Trinajstić information content (AvgIpc) is 2.97. The van der Waals surface area contributed by atoms with Gasteiger partial charge >= 0.3 is 5.97 Å². The third-order valence-electron chi connectivity index (χ3n) is 3.13. The molecule has 0 unspecified atom stereocenters. The van der Waals surface area contributed by atoms with Crippen molar-refractivity contribution in [2.24, 2.45) is 5.92 Å². The molecule has 0 bridgehead atoms. The van der Waals surface area contributed by atoms with Gasteiger partial charge in [-0.2, -0.15) is 5.10 Å². The Hall–Kier alpha value is -1.89. The van der Waals surface area contributed by atoms with Crippen molar-refractivity contribution in [3.63, 3.8) is 0 Å². The van der Waals surface area contributed by atoms with Crippen molar-refractivity contribution >= 4 is 33.4 Å². The SMILES string of the molecule is Cc1nn(CC(C)C)c2sc(C(=O)OCC(=O)NC(C)C)cc12. The predicted octanol–water partition coefficient (Wildman–Crippen LogP) is 2.74. The van der Waals surface area contributed by atoms with Gasteiger partial charge in [0.05, 0.1) is 5.69 Å². The zero-order valence-corrected chi connectivity index (χ0v) is 15.0. The van der Waals surface area contributed by atoms with Crippen molar-refractivity contribution in [1.82, 2.24) is 15.1 Å². The zero-order valence-electron chi connectivity index (χ0n) is 14.2. The smallest absolute Gasteiger partial charge is 0.348 e. The van der Waals surface area contributed by atoms with Gasteiger partial charge in [0, 0.05) is 18.0 Å². The van der Waals surface area contributed by atoms with E-state index in [2.05, 4.69) is 24.3 Å². The van der Waals surface area contributed by atoms with Gasteiger partial charge in [0.25, 0.3) is 5.91 Å². The molecule has 0 aliphatic rings. The lowest BCUT2D eigenvalue weighted by Crippen LogP contribution is -2.33. The molecular formula is C16H23N3O3S. The van der Waals surface area contributed by atoms with Crippen molar-refractivity contribution < 1.29 is 14.3 Å². The predicted molar refractivity (Wildman–Crippen MR) is 90.7 cm³/mol. The molecule has 2 heterocycles. The molecule has 2 aromatic rings. The summed E-state index contributed by atoms with van der Waals surface area (Å²) < 4.78 is 7.01. The Morgan fingerprint density at radius 1 is 1.35 bits per heavy atom. The van der Waals surface area contributed by atoms with E-state index in [-0.39, 0.29) is 18.6 Å². The van der Waals surface area contributed by atoms with Crippen LogP contribution in [0.1, 0.15) is 43.1 Å². The van der Waals surface area contributed by atoms with Gasteiger partial charge in [-0.1, -0.05) is 13.8 Å². The van der Waals surface area contributed by atoms with E-state index >= 15 is 0 Å². The number of nitrogens with one attached hydrogen (secondary N) is 1. The second-order valence-corrected chi connectivity index (χ2v) is 7.32. The number of amides is 1. The van der Waals surface area contributed by atoms with Crippen molar-refractivity contribution in [2.75, 3.05) is 6.61 Å². The lowest BCUT2D eigenvalue weighted by atomic mass is 10.2. The number of nitrogens with zero attached hydrogens (tertiary/aromatic N) is 2. The summed E-state index contributed by atoms with van der Waals surface area (Å²) in [6, 6.07) is 1.82. The number of carbonyl (C=O) groups is 2. The molecule has 126 valence electrons. The molecule has 1 amide bonds. The number of hydrogen-bond acceptors (Lipinski definition) is 5. The van der Waals surface area contributed by atoms with Gasteiger partial charge < -0.3 is 10.1 Å². The maximum absolute atomic E-state index is 12.1. The molecule has 0 spiro atoms. The van der Waals surface area contributed by atoms with E-state index in [0.29, 0.717) is 10.8 Å². The first-order valence-corrected chi connectivity index (χ1v) is 8.53. The van der Waals surface area contributed by atoms with Gasteiger partial charge in [0.1, 0.15) is 9.71 Å². The lowest BCUT2D eigenvalue weighted by molar-refractivity contribution is -0.124. The van der Waals surface area contributed by atoms with E-state index < -0.39 is 5.97 Å². The summed E-state index contributed by atoms with van der Waals surface area (Å²) in [5.41, 5.74) is 0.897. The van der Waals surface area contributed by atoms with Crippen LogP contribution in [0.3, 0.4) is 0 Å². The summed E-state index contributed by atoms with van der Waals surface area (Å²) in [6.45, 7) is 10.4. The molecule has 0 aromatic carbocycles.